The van der Waals surface area contributed by atoms with E-state index in [1.165, 1.54) is 44.1 Å². The molecule has 148 valence electrons. The zero-order valence-electron chi connectivity index (χ0n) is 16.5. The fraction of sp³-hybridized carbons (Fsp3) is 0.522. The number of amides is 1. The van der Waals surface area contributed by atoms with Crippen molar-refractivity contribution in [3.63, 3.8) is 0 Å². The van der Waals surface area contributed by atoms with Crippen molar-refractivity contribution >= 4 is 18.1 Å². The molecular weight excluding hydrogens is 348 g/mol. The number of hydrogen-bond acceptors (Lipinski definition) is 3. The summed E-state index contributed by atoms with van der Waals surface area (Å²) in [6.45, 7) is 0.913. The van der Waals surface area contributed by atoms with Crippen LogP contribution in [0, 0.1) is 11.8 Å². The van der Waals surface area contributed by atoms with Crippen LogP contribution < -0.4 is 5.32 Å². The second kappa shape index (κ2) is 9.18. The quantitative estimate of drug-likeness (QED) is 0.572. The van der Waals surface area contributed by atoms with Crippen LogP contribution in [0.2, 0.25) is 0 Å². The number of hydrogen-bond donors (Lipinski definition) is 2. The highest BCUT2D eigenvalue weighted by atomic mass is 16.1. The van der Waals surface area contributed by atoms with Gasteiger partial charge in [-0.05, 0) is 62.3 Å². The molecule has 2 N–H and O–H groups in total. The summed E-state index contributed by atoms with van der Waals surface area (Å²) in [6, 6.07) is 10.9. The zero-order chi connectivity index (χ0) is 19.2. The number of imidazole rings is 1. The molecular formula is C23H30N4O. The Morgan fingerprint density at radius 3 is 2.75 bits per heavy atom. The first-order chi connectivity index (χ1) is 13.8. The van der Waals surface area contributed by atoms with Crippen molar-refractivity contribution in [3.8, 4) is 0 Å². The highest BCUT2D eigenvalue weighted by Gasteiger charge is 2.22. The molecule has 5 nitrogen and oxygen atoms in total. The van der Waals surface area contributed by atoms with Crippen molar-refractivity contribution < 1.29 is 4.79 Å². The molecule has 28 heavy (non-hydrogen) atoms. The smallest absolute Gasteiger partial charge is 0.213 e. The Morgan fingerprint density at radius 2 is 1.89 bits per heavy atom. The minimum Gasteiger partial charge on any atom is -0.327 e. The first kappa shape index (κ1) is 18.9. The molecule has 2 unspecified atom stereocenters. The number of aromatic nitrogens is 2. The van der Waals surface area contributed by atoms with Crippen LogP contribution in [-0.2, 0) is 17.6 Å². The maximum absolute atomic E-state index is 10.7. The van der Waals surface area contributed by atoms with Crippen LogP contribution in [0.1, 0.15) is 61.9 Å². The third kappa shape index (κ3) is 4.70. The van der Waals surface area contributed by atoms with Gasteiger partial charge in [0.1, 0.15) is 5.69 Å². The summed E-state index contributed by atoms with van der Waals surface area (Å²) in [6.07, 6.45) is 11.5. The predicted molar refractivity (Wildman–Crippen MR) is 113 cm³/mol. The first-order valence-corrected chi connectivity index (χ1v) is 10.7. The number of H-pyrrole nitrogens is 1. The molecule has 0 aliphatic heterocycles. The van der Waals surface area contributed by atoms with Gasteiger partial charge in [-0.2, -0.15) is 0 Å². The Morgan fingerprint density at radius 1 is 1.07 bits per heavy atom. The highest BCUT2D eigenvalue weighted by molar-refractivity contribution is 6.01. The van der Waals surface area contributed by atoms with E-state index in [2.05, 4.69) is 45.6 Å². The second-order valence-corrected chi connectivity index (χ2v) is 8.25. The van der Waals surface area contributed by atoms with E-state index < -0.39 is 0 Å². The number of anilines is 1. The Balaban J connectivity index is 1.35. The summed E-state index contributed by atoms with van der Waals surface area (Å²) in [5.74, 6) is 2.03. The summed E-state index contributed by atoms with van der Waals surface area (Å²) >= 11 is 0. The Hall–Kier alpha value is -2.43. The van der Waals surface area contributed by atoms with Gasteiger partial charge in [0, 0.05) is 12.2 Å². The van der Waals surface area contributed by atoms with Gasteiger partial charge in [0.25, 0.3) is 0 Å². The lowest BCUT2D eigenvalue weighted by Crippen LogP contribution is -2.14. The standard InChI is InChI=1S/C23H30N4O/c28-16-25-23-26-21-11-5-10-20(22(21)27-23)24-15-19-9-4-8-18(12-13-19)14-17-6-2-1-3-7-17/h1-3,6-7,16,18-19H,4-5,8-15H2,(H2,25,26,27,28). The van der Waals surface area contributed by atoms with Crippen LogP contribution >= 0.6 is 0 Å². The van der Waals surface area contributed by atoms with Crippen molar-refractivity contribution in [2.75, 3.05) is 11.9 Å². The zero-order valence-corrected chi connectivity index (χ0v) is 16.5. The Labute approximate surface area is 167 Å². The fourth-order valence-corrected chi connectivity index (χ4v) is 4.69. The SMILES string of the molecule is O=CNc1nc2c([nH]1)CCCC2=NCC1CCCC(Cc2ccccc2)CC1. The monoisotopic (exact) mass is 378 g/mol. The number of benzene rings is 1. The second-order valence-electron chi connectivity index (χ2n) is 8.25. The van der Waals surface area contributed by atoms with Crippen LogP contribution in [0.3, 0.4) is 0 Å². The number of rotatable bonds is 6. The van der Waals surface area contributed by atoms with E-state index in [1.807, 2.05) is 0 Å². The maximum atomic E-state index is 10.7. The highest BCUT2D eigenvalue weighted by Crippen LogP contribution is 2.30. The van der Waals surface area contributed by atoms with Crippen molar-refractivity contribution in [1.29, 1.82) is 0 Å². The number of aromatic amines is 1. The van der Waals surface area contributed by atoms with Crippen molar-refractivity contribution in [2.45, 2.75) is 57.8 Å². The van der Waals surface area contributed by atoms with E-state index in [4.69, 9.17) is 4.99 Å². The lowest BCUT2D eigenvalue weighted by molar-refractivity contribution is -0.105. The van der Waals surface area contributed by atoms with E-state index in [0.717, 1.165) is 48.8 Å². The molecule has 1 saturated carbocycles. The molecule has 0 bridgehead atoms. The molecule has 1 amide bonds. The van der Waals surface area contributed by atoms with Gasteiger partial charge in [0.15, 0.2) is 0 Å². The average Bonchev–Trinajstić information content (AvgIpc) is 3.00. The number of carbonyl (C=O) groups is 1. The molecule has 1 aromatic heterocycles. The lowest BCUT2D eigenvalue weighted by Gasteiger charge is -2.16. The molecule has 1 aromatic carbocycles. The van der Waals surface area contributed by atoms with Gasteiger partial charge in [-0.3, -0.25) is 15.1 Å². The van der Waals surface area contributed by atoms with Gasteiger partial charge < -0.3 is 4.98 Å². The number of carbonyl (C=O) groups excluding carboxylic acids is 1. The molecule has 0 spiro atoms. The summed E-state index contributed by atoms with van der Waals surface area (Å²) < 4.78 is 0. The minimum atomic E-state index is 0.535. The molecule has 2 aliphatic carbocycles. The van der Waals surface area contributed by atoms with Crippen LogP contribution in [0.15, 0.2) is 35.3 Å². The molecule has 0 radical (unpaired) electrons. The van der Waals surface area contributed by atoms with Crippen LogP contribution in [0.4, 0.5) is 5.95 Å². The number of nitrogens with zero attached hydrogens (tertiary/aromatic N) is 2. The molecule has 5 heteroatoms. The first-order valence-electron chi connectivity index (χ1n) is 10.7. The van der Waals surface area contributed by atoms with E-state index in [0.29, 0.717) is 18.3 Å². The average molecular weight is 379 g/mol. The largest absolute Gasteiger partial charge is 0.327 e. The summed E-state index contributed by atoms with van der Waals surface area (Å²) in [5.41, 5.74) is 4.66. The van der Waals surface area contributed by atoms with Gasteiger partial charge in [-0.1, -0.05) is 43.2 Å². The number of fused-ring (bicyclic) bond motifs is 1. The van der Waals surface area contributed by atoms with E-state index in [1.54, 1.807) is 0 Å². The van der Waals surface area contributed by atoms with E-state index in [9.17, 15) is 4.79 Å². The molecule has 1 heterocycles. The number of aryl methyl sites for hydroxylation is 1. The Bertz CT molecular complexity index is 811. The third-order valence-corrected chi connectivity index (χ3v) is 6.20. The number of aliphatic imine (C=N–C) groups is 1. The Kier molecular flexibility index (Phi) is 6.20. The van der Waals surface area contributed by atoms with Gasteiger partial charge in [-0.15, -0.1) is 0 Å². The molecule has 2 aromatic rings. The molecule has 1 fully saturated rings. The van der Waals surface area contributed by atoms with Crippen molar-refractivity contribution in [1.82, 2.24) is 9.97 Å². The maximum Gasteiger partial charge on any atom is 0.213 e. The summed E-state index contributed by atoms with van der Waals surface area (Å²) in [4.78, 5) is 23.4. The number of nitrogens with one attached hydrogen (secondary N) is 2. The van der Waals surface area contributed by atoms with Gasteiger partial charge in [0.2, 0.25) is 12.4 Å². The summed E-state index contributed by atoms with van der Waals surface area (Å²) in [5, 5.41) is 2.62. The van der Waals surface area contributed by atoms with Crippen LogP contribution in [0.5, 0.6) is 0 Å². The van der Waals surface area contributed by atoms with Crippen LogP contribution in [0.25, 0.3) is 0 Å². The van der Waals surface area contributed by atoms with E-state index >= 15 is 0 Å². The molecule has 0 saturated heterocycles. The normalized spacial score (nSPS) is 23.8. The summed E-state index contributed by atoms with van der Waals surface area (Å²) in [7, 11) is 0. The third-order valence-electron chi connectivity index (χ3n) is 6.20. The lowest BCUT2D eigenvalue weighted by atomic mass is 9.92. The van der Waals surface area contributed by atoms with E-state index in [-0.39, 0.29) is 0 Å². The topological polar surface area (TPSA) is 70.1 Å². The molecule has 4 rings (SSSR count). The van der Waals surface area contributed by atoms with Crippen molar-refractivity contribution in [2.24, 2.45) is 16.8 Å². The van der Waals surface area contributed by atoms with Crippen molar-refractivity contribution in [3.05, 3.63) is 47.3 Å². The van der Waals surface area contributed by atoms with Crippen LogP contribution in [-0.4, -0.2) is 28.6 Å². The molecule has 2 atom stereocenters. The minimum absolute atomic E-state index is 0.535. The predicted octanol–water partition coefficient (Wildman–Crippen LogP) is 4.54. The van der Waals surface area contributed by atoms with Gasteiger partial charge >= 0.3 is 0 Å². The molecule has 2 aliphatic rings. The van der Waals surface area contributed by atoms with Gasteiger partial charge in [0.05, 0.1) is 5.71 Å². The fourth-order valence-electron chi connectivity index (χ4n) is 4.69. The van der Waals surface area contributed by atoms with Gasteiger partial charge in [-0.25, -0.2) is 4.98 Å².